The number of nitrogens with one attached hydrogen (secondary N) is 2. The van der Waals surface area contributed by atoms with E-state index in [1.165, 1.54) is 11.1 Å². The lowest BCUT2D eigenvalue weighted by molar-refractivity contribution is 0.607. The molecule has 0 saturated carbocycles. The van der Waals surface area contributed by atoms with Crippen LogP contribution in [0.5, 0.6) is 0 Å². The number of hydrogen-bond donors (Lipinski definition) is 2. The van der Waals surface area contributed by atoms with E-state index in [2.05, 4.69) is 42.1 Å². The molecule has 2 N–H and O–H groups in total. The summed E-state index contributed by atoms with van der Waals surface area (Å²) in [6, 6.07) is 14.1. The van der Waals surface area contributed by atoms with E-state index in [0.29, 0.717) is 5.69 Å². The summed E-state index contributed by atoms with van der Waals surface area (Å²) in [5.41, 5.74) is 4.78. The van der Waals surface area contributed by atoms with E-state index in [-0.39, 0.29) is 6.04 Å². The Bertz CT molecular complexity index is 770. The van der Waals surface area contributed by atoms with Gasteiger partial charge in [-0.25, -0.2) is 8.42 Å². The molecule has 0 heterocycles. The smallest absolute Gasteiger partial charge is 0.229 e. The number of rotatable bonds is 5. The van der Waals surface area contributed by atoms with Crippen LogP contribution in [0.3, 0.4) is 0 Å². The molecule has 0 unspecified atom stereocenters. The highest BCUT2D eigenvalue weighted by Gasteiger charge is 2.09. The molecule has 0 saturated heterocycles. The monoisotopic (exact) mass is 318 g/mol. The Morgan fingerprint density at radius 3 is 2.41 bits per heavy atom. The maximum atomic E-state index is 11.4. The first-order valence-corrected chi connectivity index (χ1v) is 9.05. The van der Waals surface area contributed by atoms with Crippen LogP contribution < -0.4 is 10.0 Å². The van der Waals surface area contributed by atoms with Gasteiger partial charge in [0.1, 0.15) is 0 Å². The number of sulfonamides is 1. The number of anilines is 2. The van der Waals surface area contributed by atoms with Crippen LogP contribution in [0, 0.1) is 13.8 Å². The highest BCUT2D eigenvalue weighted by Crippen LogP contribution is 2.25. The molecule has 0 aliphatic rings. The molecule has 0 fully saturated rings. The zero-order valence-electron chi connectivity index (χ0n) is 13.3. The van der Waals surface area contributed by atoms with Crippen LogP contribution in [0.2, 0.25) is 0 Å². The summed E-state index contributed by atoms with van der Waals surface area (Å²) in [5, 5.41) is 3.40. The molecule has 0 spiro atoms. The molecule has 0 bridgehead atoms. The Morgan fingerprint density at radius 2 is 1.77 bits per heavy atom. The molecule has 1 atom stereocenters. The molecule has 2 rings (SSSR count). The quantitative estimate of drug-likeness (QED) is 0.880. The van der Waals surface area contributed by atoms with Gasteiger partial charge in [0.2, 0.25) is 10.0 Å². The minimum absolute atomic E-state index is 0.133. The van der Waals surface area contributed by atoms with Gasteiger partial charge in [-0.3, -0.25) is 4.72 Å². The van der Waals surface area contributed by atoms with Gasteiger partial charge >= 0.3 is 0 Å². The van der Waals surface area contributed by atoms with Gasteiger partial charge in [0.05, 0.1) is 11.9 Å². The van der Waals surface area contributed by atoms with Crippen molar-refractivity contribution in [2.75, 3.05) is 16.3 Å². The van der Waals surface area contributed by atoms with Crippen LogP contribution >= 0.6 is 0 Å². The molecule has 0 radical (unpaired) electrons. The lowest BCUT2D eigenvalue weighted by Crippen LogP contribution is -2.12. The molecular weight excluding hydrogens is 296 g/mol. The van der Waals surface area contributed by atoms with Gasteiger partial charge in [0.25, 0.3) is 0 Å². The van der Waals surface area contributed by atoms with Gasteiger partial charge in [-0.1, -0.05) is 35.9 Å². The molecule has 2 aromatic carbocycles. The fourth-order valence-corrected chi connectivity index (χ4v) is 2.91. The van der Waals surface area contributed by atoms with E-state index in [4.69, 9.17) is 0 Å². The van der Waals surface area contributed by atoms with Crippen molar-refractivity contribution in [3.8, 4) is 0 Å². The maximum Gasteiger partial charge on any atom is 0.229 e. The van der Waals surface area contributed by atoms with Crippen LogP contribution in [0.15, 0.2) is 42.5 Å². The molecule has 0 amide bonds. The number of aryl methyl sites for hydroxylation is 2. The highest BCUT2D eigenvalue weighted by atomic mass is 32.2. The molecule has 22 heavy (non-hydrogen) atoms. The molecule has 0 aliphatic carbocycles. The van der Waals surface area contributed by atoms with Gasteiger partial charge in [0.15, 0.2) is 0 Å². The van der Waals surface area contributed by atoms with Gasteiger partial charge < -0.3 is 5.32 Å². The van der Waals surface area contributed by atoms with Crippen molar-refractivity contribution in [3.05, 3.63) is 59.2 Å². The van der Waals surface area contributed by atoms with E-state index in [9.17, 15) is 8.42 Å². The van der Waals surface area contributed by atoms with Gasteiger partial charge in [-0.15, -0.1) is 0 Å². The molecular formula is C17H22N2O2S. The summed E-state index contributed by atoms with van der Waals surface area (Å²) >= 11 is 0. The standard InChI is InChI=1S/C17H22N2O2S/c1-12-6-5-7-15(10-12)14(3)18-16-9-8-13(2)17(11-16)19-22(4,20)21/h5-11,14,18-19H,1-4H3/t14-/m1/s1. The summed E-state index contributed by atoms with van der Waals surface area (Å²) in [7, 11) is -3.28. The minimum atomic E-state index is -3.28. The summed E-state index contributed by atoms with van der Waals surface area (Å²) in [5.74, 6) is 0. The fraction of sp³-hybridized carbons (Fsp3) is 0.294. The first-order chi connectivity index (χ1) is 10.2. The first-order valence-electron chi connectivity index (χ1n) is 7.16. The predicted molar refractivity (Wildman–Crippen MR) is 92.9 cm³/mol. The summed E-state index contributed by atoms with van der Waals surface area (Å²) in [6.45, 7) is 6.02. The fourth-order valence-electron chi connectivity index (χ4n) is 2.29. The summed E-state index contributed by atoms with van der Waals surface area (Å²) in [4.78, 5) is 0. The van der Waals surface area contributed by atoms with Crippen molar-refractivity contribution in [2.24, 2.45) is 0 Å². The van der Waals surface area contributed by atoms with Gasteiger partial charge in [-0.2, -0.15) is 0 Å². The Hall–Kier alpha value is -2.01. The average molecular weight is 318 g/mol. The Kier molecular flexibility index (Phi) is 4.76. The van der Waals surface area contributed by atoms with Gasteiger partial charge in [0, 0.05) is 11.7 Å². The average Bonchev–Trinajstić information content (AvgIpc) is 2.41. The first kappa shape index (κ1) is 16.4. The van der Waals surface area contributed by atoms with E-state index in [1.807, 2.05) is 31.2 Å². The van der Waals surface area contributed by atoms with Crippen LogP contribution in [-0.4, -0.2) is 14.7 Å². The molecule has 0 aliphatic heterocycles. The molecule has 4 nitrogen and oxygen atoms in total. The third-order valence-electron chi connectivity index (χ3n) is 3.46. The summed E-state index contributed by atoms with van der Waals surface area (Å²) in [6.07, 6.45) is 1.15. The van der Waals surface area contributed by atoms with Crippen molar-refractivity contribution in [3.63, 3.8) is 0 Å². The van der Waals surface area contributed by atoms with E-state index >= 15 is 0 Å². The molecule has 2 aromatic rings. The van der Waals surface area contributed by atoms with Crippen LogP contribution in [0.1, 0.15) is 29.7 Å². The van der Waals surface area contributed by atoms with E-state index in [0.717, 1.165) is 17.5 Å². The van der Waals surface area contributed by atoms with E-state index < -0.39 is 10.0 Å². The normalized spacial score (nSPS) is 12.7. The largest absolute Gasteiger partial charge is 0.378 e. The number of benzene rings is 2. The predicted octanol–water partition coefficient (Wildman–Crippen LogP) is 3.85. The van der Waals surface area contributed by atoms with E-state index in [1.54, 1.807) is 0 Å². The van der Waals surface area contributed by atoms with Crippen LogP contribution in [-0.2, 0) is 10.0 Å². The van der Waals surface area contributed by atoms with Crippen molar-refractivity contribution in [2.45, 2.75) is 26.8 Å². The third-order valence-corrected chi connectivity index (χ3v) is 4.05. The Balaban J connectivity index is 2.21. The molecule has 5 heteroatoms. The molecule has 118 valence electrons. The maximum absolute atomic E-state index is 11.4. The van der Waals surface area contributed by atoms with Crippen molar-refractivity contribution >= 4 is 21.4 Å². The highest BCUT2D eigenvalue weighted by molar-refractivity contribution is 7.92. The second-order valence-corrected chi connectivity index (χ2v) is 7.43. The lowest BCUT2D eigenvalue weighted by atomic mass is 10.1. The molecule has 0 aromatic heterocycles. The Labute approximate surface area is 132 Å². The van der Waals surface area contributed by atoms with Crippen molar-refractivity contribution in [1.82, 2.24) is 0 Å². The third kappa shape index (κ3) is 4.49. The lowest BCUT2D eigenvalue weighted by Gasteiger charge is -2.18. The topological polar surface area (TPSA) is 58.2 Å². The second kappa shape index (κ2) is 6.40. The number of hydrogen-bond acceptors (Lipinski definition) is 3. The zero-order valence-corrected chi connectivity index (χ0v) is 14.2. The van der Waals surface area contributed by atoms with Crippen molar-refractivity contribution < 1.29 is 8.42 Å². The second-order valence-electron chi connectivity index (χ2n) is 5.68. The van der Waals surface area contributed by atoms with Crippen LogP contribution in [0.25, 0.3) is 0 Å². The summed E-state index contributed by atoms with van der Waals surface area (Å²) < 4.78 is 25.4. The SMILES string of the molecule is Cc1cccc([C@@H](C)Nc2ccc(C)c(NS(C)(=O)=O)c2)c1. The Morgan fingerprint density at radius 1 is 1.05 bits per heavy atom. The minimum Gasteiger partial charge on any atom is -0.378 e. The van der Waals surface area contributed by atoms with Gasteiger partial charge in [-0.05, 0) is 44.0 Å². The van der Waals surface area contributed by atoms with Crippen molar-refractivity contribution in [1.29, 1.82) is 0 Å². The zero-order chi connectivity index (χ0) is 16.3. The van der Waals surface area contributed by atoms with Crippen LogP contribution in [0.4, 0.5) is 11.4 Å².